The number of nitrogens with zero attached hydrogens (tertiary/aromatic N) is 4. The number of aromatic nitrogens is 1. The molecule has 0 unspecified atom stereocenters. The molecule has 4 aliphatic rings. The van der Waals surface area contributed by atoms with Crippen molar-refractivity contribution >= 4 is 118 Å². The Kier molecular flexibility index (Phi) is 12.7. The van der Waals surface area contributed by atoms with Gasteiger partial charge in [-0.3, -0.25) is 0 Å². The molecule has 1 spiro atoms. The first-order chi connectivity index (χ1) is 60.4. The van der Waals surface area contributed by atoms with Crippen molar-refractivity contribution in [2.75, 3.05) is 14.7 Å². The van der Waals surface area contributed by atoms with Crippen molar-refractivity contribution in [3.8, 4) is 83.6 Å². The van der Waals surface area contributed by atoms with Gasteiger partial charge in [-0.05, 0) is 185 Å². The Labute approximate surface area is 678 Å². The number of furan rings is 1. The highest BCUT2D eigenvalue weighted by atomic mass is 16.3. The minimum absolute atomic E-state index is 0.00681. The van der Waals surface area contributed by atoms with E-state index < -0.39 is 48.4 Å². The van der Waals surface area contributed by atoms with E-state index >= 15 is 0 Å². The number of hydrogen-bond acceptors (Lipinski definition) is 4. The van der Waals surface area contributed by atoms with Crippen LogP contribution >= 0.6 is 0 Å². The molecule has 115 heavy (non-hydrogen) atoms. The van der Waals surface area contributed by atoms with E-state index in [1.54, 1.807) is 4.57 Å². The van der Waals surface area contributed by atoms with Gasteiger partial charge in [-0.1, -0.05) is 327 Å². The van der Waals surface area contributed by atoms with Crippen LogP contribution < -0.4 is 31.1 Å². The van der Waals surface area contributed by atoms with Crippen LogP contribution in [0.2, 0.25) is 0 Å². The average molecular weight is 1470 g/mol. The molecular formula is C109H69BN4O. The summed E-state index contributed by atoms with van der Waals surface area (Å²) in [6, 6.07) is 130. The summed E-state index contributed by atoms with van der Waals surface area (Å²) in [5.74, 6) is 0. The predicted molar refractivity (Wildman–Crippen MR) is 480 cm³/mol. The molecule has 0 atom stereocenters. The van der Waals surface area contributed by atoms with Crippen LogP contribution in [-0.4, -0.2) is 11.3 Å². The van der Waals surface area contributed by atoms with Crippen LogP contribution in [0.4, 0.5) is 51.2 Å². The lowest BCUT2D eigenvalue weighted by Gasteiger charge is -2.46. The molecule has 20 aromatic rings. The van der Waals surface area contributed by atoms with E-state index in [0.29, 0.717) is 5.69 Å². The van der Waals surface area contributed by atoms with Gasteiger partial charge in [0, 0.05) is 77.9 Å². The minimum atomic E-state index is -0.834. The molecule has 0 bridgehead atoms. The van der Waals surface area contributed by atoms with Crippen LogP contribution in [0.1, 0.15) is 33.2 Å². The SMILES string of the molecule is [2H]c1c([2H])c([2H])c2c(c1[2H])c1c([2H])c([2H])c([2H])c([2H])c1n2-c1ccc2c(c1)N(c1c(-c3ccccc3)cccc1-c1ccccc1)c1cc(-c3ccc4c(c3)C3(c5ccccc5-c5ccccc53)c3ccccc3N4c3ccccc3)cc3c1B2c1ccc(-c2ccc4oc5ccccc5c4c2)cc1N3c1c(-c2ccccc2)cccc1-c1ccccc1. The first-order valence-electron chi connectivity index (χ1n) is 43.2. The fourth-order valence-corrected chi connectivity index (χ4v) is 19.6. The van der Waals surface area contributed by atoms with Crippen LogP contribution in [0.25, 0.3) is 127 Å². The zero-order chi connectivity index (χ0) is 82.4. The Balaban J connectivity index is 0.886. The van der Waals surface area contributed by atoms with Gasteiger partial charge in [0.15, 0.2) is 0 Å². The van der Waals surface area contributed by atoms with Crippen molar-refractivity contribution in [1.82, 2.24) is 4.57 Å². The zero-order valence-electron chi connectivity index (χ0n) is 70.0. The van der Waals surface area contributed by atoms with Crippen molar-refractivity contribution < 1.29 is 15.4 Å². The topological polar surface area (TPSA) is 27.8 Å². The molecule has 0 saturated carbocycles. The molecule has 18 aromatic carbocycles. The Bertz CT molecular complexity index is 7660. The lowest BCUT2D eigenvalue weighted by atomic mass is 9.33. The lowest BCUT2D eigenvalue weighted by molar-refractivity contribution is 0.669. The molecule has 24 rings (SSSR count). The quantitative estimate of drug-likeness (QED) is 0.128. The number of rotatable bonds is 10. The Morgan fingerprint density at radius 1 is 0.252 bits per heavy atom. The van der Waals surface area contributed by atoms with Crippen molar-refractivity contribution in [3.05, 3.63) is 441 Å². The van der Waals surface area contributed by atoms with E-state index in [-0.39, 0.29) is 33.9 Å². The Morgan fingerprint density at radius 3 is 1.26 bits per heavy atom. The molecule has 2 aromatic heterocycles. The van der Waals surface area contributed by atoms with Crippen molar-refractivity contribution in [2.24, 2.45) is 0 Å². The van der Waals surface area contributed by atoms with Crippen LogP contribution in [0.3, 0.4) is 0 Å². The Morgan fingerprint density at radius 2 is 0.678 bits per heavy atom. The van der Waals surface area contributed by atoms with Crippen molar-refractivity contribution in [1.29, 1.82) is 0 Å². The van der Waals surface area contributed by atoms with Gasteiger partial charge in [0.2, 0.25) is 0 Å². The summed E-state index contributed by atoms with van der Waals surface area (Å²) in [6.45, 7) is -0.569. The average Bonchev–Trinajstić information content (AvgIpc) is 1.54. The molecule has 1 aliphatic carbocycles. The van der Waals surface area contributed by atoms with Gasteiger partial charge in [-0.25, -0.2) is 0 Å². The maximum atomic E-state index is 9.98. The number of para-hydroxylation sites is 7. The van der Waals surface area contributed by atoms with Crippen LogP contribution in [0.15, 0.2) is 423 Å². The van der Waals surface area contributed by atoms with Gasteiger partial charge >= 0.3 is 0 Å². The van der Waals surface area contributed by atoms with Gasteiger partial charge < -0.3 is 23.7 Å². The van der Waals surface area contributed by atoms with Gasteiger partial charge in [0.05, 0.1) is 50.2 Å². The molecule has 534 valence electrons. The summed E-state index contributed by atoms with van der Waals surface area (Å²) < 4.78 is 84.7. The first-order valence-corrected chi connectivity index (χ1v) is 39.2. The molecule has 0 saturated heterocycles. The Hall–Kier alpha value is -15.0. The highest BCUT2D eigenvalue weighted by molar-refractivity contribution is 7.00. The van der Waals surface area contributed by atoms with E-state index in [1.165, 1.54) is 22.3 Å². The predicted octanol–water partition coefficient (Wildman–Crippen LogP) is 26.9. The normalized spacial score (nSPS) is 14.2. The van der Waals surface area contributed by atoms with Crippen LogP contribution in [-0.2, 0) is 5.41 Å². The standard InChI is InChI=1S/C109H69BN4O/c1-6-30-70(31-7-1)80-45-28-46-81(71-32-8-2-9-33-71)107(80)113-100-66-76(74-58-63-105-89(64-74)88-44-20-27-55-104(88)115-105)56-60-94(100)110-95-61-59-79(112-96-52-24-18-42-86(96)87-43-19-25-53-97(87)112)69-101(95)114(108-82(72-34-10-3-11-35-72)47-29-48-83(108)73-36-12-4-13-37-73)103-68-77(67-102(113)106(103)110)75-57-62-99-93(65-75)109(90-49-21-16-40-84(90)85-41-17-22-50-91(85)109)92-51-23-26-54-98(92)111(99)78-38-14-5-15-39-78/h1-69H/i18D,19D,24D,25D,42D,43D,52D,53D. The second-order valence-electron chi connectivity index (χ2n) is 30.3. The summed E-state index contributed by atoms with van der Waals surface area (Å²) in [5.41, 5.74) is 31.1. The summed E-state index contributed by atoms with van der Waals surface area (Å²) in [6.07, 6.45) is 0. The summed E-state index contributed by atoms with van der Waals surface area (Å²) in [7, 11) is 0. The molecule has 0 fully saturated rings. The van der Waals surface area contributed by atoms with E-state index in [4.69, 9.17) is 4.42 Å². The number of hydrogen-bond donors (Lipinski definition) is 0. The van der Waals surface area contributed by atoms with E-state index in [1.807, 2.05) is 30.3 Å². The maximum absolute atomic E-state index is 9.98. The number of anilines is 9. The highest BCUT2D eigenvalue weighted by Gasteiger charge is 2.53. The van der Waals surface area contributed by atoms with Gasteiger partial charge in [0.1, 0.15) is 11.2 Å². The third kappa shape index (κ3) is 9.64. The largest absolute Gasteiger partial charge is 0.456 e. The fraction of sp³-hybridized carbons (Fsp3) is 0.00917. The highest BCUT2D eigenvalue weighted by Crippen LogP contribution is 2.65. The van der Waals surface area contributed by atoms with Gasteiger partial charge in [-0.2, -0.15) is 0 Å². The first kappa shape index (κ1) is 57.1. The van der Waals surface area contributed by atoms with Crippen LogP contribution in [0, 0.1) is 0 Å². The van der Waals surface area contributed by atoms with Crippen molar-refractivity contribution in [3.63, 3.8) is 0 Å². The second kappa shape index (κ2) is 25.5. The van der Waals surface area contributed by atoms with E-state index in [0.717, 1.165) is 167 Å². The zero-order valence-corrected chi connectivity index (χ0v) is 62.0. The van der Waals surface area contributed by atoms with E-state index in [9.17, 15) is 11.0 Å². The summed E-state index contributed by atoms with van der Waals surface area (Å²) in [5, 5.41) is 2.01. The molecule has 0 N–H and O–H groups in total. The molecule has 3 aliphatic heterocycles. The van der Waals surface area contributed by atoms with Gasteiger partial charge in [0.25, 0.3) is 6.71 Å². The summed E-state index contributed by atoms with van der Waals surface area (Å²) >= 11 is 0. The van der Waals surface area contributed by atoms with E-state index in [2.05, 4.69) is 354 Å². The smallest absolute Gasteiger partial charge is 0.252 e. The van der Waals surface area contributed by atoms with Crippen LogP contribution in [0.5, 0.6) is 0 Å². The minimum Gasteiger partial charge on any atom is -0.456 e. The second-order valence-corrected chi connectivity index (χ2v) is 30.3. The lowest BCUT2D eigenvalue weighted by Crippen LogP contribution is -2.61. The monoisotopic (exact) mass is 1470 g/mol. The fourth-order valence-electron chi connectivity index (χ4n) is 19.6. The number of fused-ring (bicyclic) bond motifs is 19. The summed E-state index contributed by atoms with van der Waals surface area (Å²) in [4.78, 5) is 7.46. The third-order valence-corrected chi connectivity index (χ3v) is 24.4. The number of benzene rings is 18. The molecule has 5 nitrogen and oxygen atoms in total. The van der Waals surface area contributed by atoms with Gasteiger partial charge in [-0.15, -0.1) is 0 Å². The molecular weight excluding hydrogens is 1390 g/mol. The van der Waals surface area contributed by atoms with Crippen molar-refractivity contribution in [2.45, 2.75) is 5.41 Å². The molecule has 6 heteroatoms. The molecule has 0 radical (unpaired) electrons. The maximum Gasteiger partial charge on any atom is 0.252 e. The molecule has 0 amide bonds. The third-order valence-electron chi connectivity index (χ3n) is 24.4. The molecule has 5 heterocycles.